The molecule has 1 atom stereocenters. The largest absolute Gasteiger partial charge is 0.469 e. The fourth-order valence-corrected chi connectivity index (χ4v) is 9.12. The first kappa shape index (κ1) is 28.6. The molecule has 0 radical (unpaired) electrons. The fraction of sp³-hybridized carbons (Fsp3) is 0.533. The molecule has 2 aromatic rings. The zero-order valence-electron chi connectivity index (χ0n) is 22.9. The Kier molecular flexibility index (Phi) is 6.87. The summed E-state index contributed by atoms with van der Waals surface area (Å²) >= 11 is 0. The van der Waals surface area contributed by atoms with Crippen molar-refractivity contribution in [3.8, 4) is 0 Å². The summed E-state index contributed by atoms with van der Waals surface area (Å²) in [6.07, 6.45) is 3.11. The smallest absolute Gasteiger partial charge is 0.311 e. The quantitative estimate of drug-likeness (QED) is 0.331. The van der Waals surface area contributed by atoms with Crippen molar-refractivity contribution in [1.82, 2.24) is 4.90 Å². The average Bonchev–Trinajstić information content (AvgIpc) is 3.40. The van der Waals surface area contributed by atoms with Crippen LogP contribution < -0.4 is 0 Å². The molecule has 1 amide bonds. The van der Waals surface area contributed by atoms with E-state index in [-0.39, 0.29) is 47.4 Å². The maximum atomic E-state index is 15.2. The van der Waals surface area contributed by atoms with Crippen LogP contribution in [-0.2, 0) is 34.6 Å². The van der Waals surface area contributed by atoms with Gasteiger partial charge in [-0.05, 0) is 94.7 Å². The normalized spacial score (nSPS) is 28.5. The van der Waals surface area contributed by atoms with Gasteiger partial charge in [0.2, 0.25) is 5.91 Å². The topological polar surface area (TPSA) is 80.8 Å². The number of alkyl halides is 1. The minimum absolute atomic E-state index is 0.00156. The lowest BCUT2D eigenvalue weighted by Gasteiger charge is -2.51. The molecule has 2 bridgehead atoms. The van der Waals surface area contributed by atoms with E-state index < -0.39 is 42.7 Å². The molecule has 3 saturated carbocycles. The first-order chi connectivity index (χ1) is 18.7. The third kappa shape index (κ3) is 4.33. The Morgan fingerprint density at radius 1 is 0.900 bits per heavy atom. The van der Waals surface area contributed by atoms with Crippen molar-refractivity contribution in [1.29, 1.82) is 0 Å². The van der Waals surface area contributed by atoms with Crippen molar-refractivity contribution in [2.75, 3.05) is 20.2 Å². The number of carbonyl (C=O) groups is 2. The van der Waals surface area contributed by atoms with Gasteiger partial charge in [-0.25, -0.2) is 21.6 Å². The molecular formula is C30H34F3NO5S. The fourth-order valence-electron chi connectivity index (χ4n) is 7.05. The summed E-state index contributed by atoms with van der Waals surface area (Å²) in [4.78, 5) is 27.9. The number of amides is 1. The van der Waals surface area contributed by atoms with Crippen LogP contribution >= 0.6 is 0 Å². The number of ether oxygens (including phenoxy) is 1. The molecule has 40 heavy (non-hydrogen) atoms. The number of methoxy groups -OCH3 is 1. The number of benzene rings is 2. The van der Waals surface area contributed by atoms with Gasteiger partial charge in [0.05, 0.1) is 17.4 Å². The summed E-state index contributed by atoms with van der Waals surface area (Å²) in [7, 11) is -2.89. The Balaban J connectivity index is 1.52. The third-order valence-electron chi connectivity index (χ3n) is 9.61. The number of likely N-dealkylation sites (tertiary alicyclic amines) is 1. The molecular weight excluding hydrogens is 543 g/mol. The molecule has 1 heterocycles. The van der Waals surface area contributed by atoms with Crippen LogP contribution in [-0.4, -0.2) is 45.4 Å². The summed E-state index contributed by atoms with van der Waals surface area (Å²) in [5, 5.41) is 0. The molecule has 3 aliphatic carbocycles. The maximum absolute atomic E-state index is 15.2. The van der Waals surface area contributed by atoms with Crippen molar-refractivity contribution >= 4 is 21.7 Å². The van der Waals surface area contributed by atoms with E-state index in [4.69, 9.17) is 4.74 Å². The Bertz CT molecular complexity index is 1430. The Morgan fingerprint density at radius 2 is 1.48 bits per heavy atom. The molecule has 0 N–H and O–H groups in total. The number of hydrogen-bond acceptors (Lipinski definition) is 5. The highest BCUT2D eigenvalue weighted by molar-refractivity contribution is 7.92. The van der Waals surface area contributed by atoms with Gasteiger partial charge in [-0.3, -0.25) is 9.59 Å². The van der Waals surface area contributed by atoms with E-state index in [1.807, 2.05) is 0 Å². The average molecular weight is 578 g/mol. The first-order valence-electron chi connectivity index (χ1n) is 13.6. The van der Waals surface area contributed by atoms with E-state index >= 15 is 4.39 Å². The van der Waals surface area contributed by atoms with Crippen LogP contribution in [0, 0.1) is 22.5 Å². The lowest BCUT2D eigenvalue weighted by Crippen LogP contribution is -2.54. The molecule has 4 fully saturated rings. The highest BCUT2D eigenvalue weighted by Gasteiger charge is 2.59. The number of esters is 1. The Hall–Kier alpha value is -2.88. The molecule has 6 nitrogen and oxygen atoms in total. The summed E-state index contributed by atoms with van der Waals surface area (Å²) in [5.74, 6) is -1.89. The van der Waals surface area contributed by atoms with Gasteiger partial charge in [-0.1, -0.05) is 12.1 Å². The summed E-state index contributed by atoms with van der Waals surface area (Å²) in [5.41, 5.74) is -3.33. The number of rotatable bonds is 6. The van der Waals surface area contributed by atoms with E-state index in [9.17, 15) is 26.8 Å². The van der Waals surface area contributed by atoms with Gasteiger partial charge in [-0.15, -0.1) is 0 Å². The summed E-state index contributed by atoms with van der Waals surface area (Å²) in [6, 6.07) is 8.15. The molecule has 4 aliphatic rings. The van der Waals surface area contributed by atoms with Gasteiger partial charge in [0.1, 0.15) is 22.1 Å². The van der Waals surface area contributed by atoms with Crippen LogP contribution in [0.4, 0.5) is 13.2 Å². The van der Waals surface area contributed by atoms with Crippen LogP contribution in [0.25, 0.3) is 0 Å². The van der Waals surface area contributed by atoms with Gasteiger partial charge < -0.3 is 9.64 Å². The highest BCUT2D eigenvalue weighted by atomic mass is 32.2. The number of hydrogen-bond donors (Lipinski definition) is 0. The molecule has 216 valence electrons. The van der Waals surface area contributed by atoms with E-state index in [2.05, 4.69) is 0 Å². The van der Waals surface area contributed by atoms with Crippen LogP contribution in [0.5, 0.6) is 0 Å². The predicted molar refractivity (Wildman–Crippen MR) is 142 cm³/mol. The zero-order chi connectivity index (χ0) is 29.1. The molecule has 1 saturated heterocycles. The molecule has 0 spiro atoms. The lowest BCUT2D eigenvalue weighted by molar-refractivity contribution is -0.169. The molecule has 6 rings (SSSR count). The third-order valence-corrected chi connectivity index (χ3v) is 12.1. The van der Waals surface area contributed by atoms with Crippen LogP contribution in [0.3, 0.4) is 0 Å². The van der Waals surface area contributed by atoms with E-state index in [1.54, 1.807) is 4.90 Å². The maximum Gasteiger partial charge on any atom is 0.311 e. The standard InChI is InChI=1S/C30H34F3NO5S/c1-27(2,33)23-9-4-20(18-24(23)32)30(40(37,38)22-7-5-21(31)6-8-22)16-17-34(19-30)25(35)28-10-13-29(14-11-28,15-12-28)26(36)39-3/h4-9,18H,10-17,19H2,1-3H3/t28?,29?,30-/m0/s1. The van der Waals surface area contributed by atoms with E-state index in [0.29, 0.717) is 38.5 Å². The highest BCUT2D eigenvalue weighted by Crippen LogP contribution is 2.58. The Morgan fingerprint density at radius 3 is 2.00 bits per heavy atom. The molecule has 2 aromatic carbocycles. The number of carbonyl (C=O) groups excluding carboxylic acids is 2. The van der Waals surface area contributed by atoms with Gasteiger partial charge in [0.25, 0.3) is 0 Å². The first-order valence-corrected chi connectivity index (χ1v) is 15.1. The molecule has 10 heteroatoms. The van der Waals surface area contributed by atoms with Gasteiger partial charge in [-0.2, -0.15) is 0 Å². The van der Waals surface area contributed by atoms with Crippen LogP contribution in [0.2, 0.25) is 0 Å². The predicted octanol–water partition coefficient (Wildman–Crippen LogP) is 5.58. The monoisotopic (exact) mass is 577 g/mol. The van der Waals surface area contributed by atoms with Gasteiger partial charge in [0, 0.05) is 24.1 Å². The number of fused-ring (bicyclic) bond motifs is 3. The van der Waals surface area contributed by atoms with Crippen molar-refractivity contribution in [2.24, 2.45) is 10.8 Å². The number of sulfone groups is 1. The van der Waals surface area contributed by atoms with E-state index in [1.165, 1.54) is 45.2 Å². The van der Waals surface area contributed by atoms with Crippen LogP contribution in [0.1, 0.15) is 69.9 Å². The minimum Gasteiger partial charge on any atom is -0.469 e. The summed E-state index contributed by atoms with van der Waals surface area (Å²) in [6.45, 7) is 2.34. The summed E-state index contributed by atoms with van der Waals surface area (Å²) < 4.78 is 75.2. The van der Waals surface area contributed by atoms with Gasteiger partial charge >= 0.3 is 5.97 Å². The Labute approximate surface area is 232 Å². The van der Waals surface area contributed by atoms with Crippen LogP contribution in [0.15, 0.2) is 47.4 Å². The van der Waals surface area contributed by atoms with Crippen molar-refractivity contribution in [3.05, 3.63) is 65.2 Å². The zero-order valence-corrected chi connectivity index (χ0v) is 23.8. The van der Waals surface area contributed by atoms with Crippen molar-refractivity contribution in [3.63, 3.8) is 0 Å². The van der Waals surface area contributed by atoms with E-state index in [0.717, 1.165) is 18.2 Å². The second-order valence-corrected chi connectivity index (χ2v) is 14.4. The minimum atomic E-state index is -4.26. The van der Waals surface area contributed by atoms with Crippen molar-refractivity contribution in [2.45, 2.75) is 74.1 Å². The molecule has 0 aromatic heterocycles. The molecule has 1 aliphatic heterocycles. The van der Waals surface area contributed by atoms with Gasteiger partial charge in [0.15, 0.2) is 9.84 Å². The molecule has 0 unspecified atom stereocenters. The second-order valence-electron chi connectivity index (χ2n) is 12.1. The van der Waals surface area contributed by atoms with Crippen molar-refractivity contribution < 1.29 is 35.9 Å². The number of halogens is 3. The second kappa shape index (κ2) is 9.60. The number of nitrogens with zero attached hydrogens (tertiary/aromatic N) is 1. The SMILES string of the molecule is COC(=O)C12CCC(C(=O)N3CC[C@](c4ccc(C(C)(C)F)c(F)c4)(S(=O)(=O)c4ccc(F)cc4)C3)(CC1)CC2. The lowest BCUT2D eigenvalue weighted by atomic mass is 9.53.